The molecule has 0 aliphatic heterocycles. The highest BCUT2D eigenvalue weighted by Crippen LogP contribution is 1.14. The van der Waals surface area contributed by atoms with Gasteiger partial charge in [0.05, 0.1) is 0 Å². The molecular formula is C4H10BO2. The Balaban J connectivity index is -0.0000000360. The predicted molar refractivity (Wildman–Crippen MR) is 31.4 cm³/mol. The van der Waals surface area contributed by atoms with Gasteiger partial charge in [-0.2, -0.15) is 0 Å². The van der Waals surface area contributed by atoms with E-state index in [0.29, 0.717) is 0 Å². The number of rotatable bonds is 0. The standard InChI is InChI=1S/C2H6.C2H2.BH2O2/c2*1-2;2-1-3/h1-2H3;1-2H;2-3H. The average Bonchev–Trinajstić information content (AvgIpc) is 1.78. The van der Waals surface area contributed by atoms with E-state index in [1.54, 1.807) is 0 Å². The van der Waals surface area contributed by atoms with Gasteiger partial charge in [0.1, 0.15) is 0 Å². The van der Waals surface area contributed by atoms with Crippen LogP contribution < -0.4 is 0 Å². The monoisotopic (exact) mass is 101 g/mol. The molecule has 41 valence electrons. The van der Waals surface area contributed by atoms with Crippen LogP contribution in [0.15, 0.2) is 0 Å². The van der Waals surface area contributed by atoms with E-state index in [9.17, 15) is 0 Å². The fourth-order valence-corrected chi connectivity index (χ4v) is 0. The van der Waals surface area contributed by atoms with Gasteiger partial charge < -0.3 is 10.0 Å². The molecule has 1 radical (unpaired) electrons. The maximum Gasteiger partial charge on any atom is 0.482 e. The number of hydrogen-bond acceptors (Lipinski definition) is 2. The topological polar surface area (TPSA) is 40.5 Å². The van der Waals surface area contributed by atoms with E-state index in [-0.39, 0.29) is 7.69 Å². The van der Waals surface area contributed by atoms with Crippen molar-refractivity contribution in [3.8, 4) is 12.8 Å². The lowest BCUT2D eigenvalue weighted by Crippen LogP contribution is -1.75. The SMILES string of the molecule is C#C.CC.O[B]O. The summed E-state index contributed by atoms with van der Waals surface area (Å²) in [5.41, 5.74) is 0. The van der Waals surface area contributed by atoms with Crippen LogP contribution in [0.2, 0.25) is 0 Å². The summed E-state index contributed by atoms with van der Waals surface area (Å²) in [6.07, 6.45) is 8.00. The fraction of sp³-hybridized carbons (Fsp3) is 0.500. The fourth-order valence-electron chi connectivity index (χ4n) is 0. The van der Waals surface area contributed by atoms with E-state index in [1.807, 2.05) is 13.8 Å². The van der Waals surface area contributed by atoms with Crippen LogP contribution in [0.3, 0.4) is 0 Å². The van der Waals surface area contributed by atoms with Crippen LogP contribution in [0.4, 0.5) is 0 Å². The summed E-state index contributed by atoms with van der Waals surface area (Å²) in [5.74, 6) is 0. The molecule has 0 heterocycles. The molecule has 0 aliphatic rings. The molecule has 0 bridgehead atoms. The van der Waals surface area contributed by atoms with Crippen LogP contribution in [0, 0.1) is 12.8 Å². The third-order valence-corrected chi connectivity index (χ3v) is 0. The summed E-state index contributed by atoms with van der Waals surface area (Å²) in [5, 5.41) is 14.0. The first-order valence-corrected chi connectivity index (χ1v) is 1.85. The molecule has 0 saturated carbocycles. The summed E-state index contributed by atoms with van der Waals surface area (Å²) >= 11 is 0. The van der Waals surface area contributed by atoms with E-state index >= 15 is 0 Å². The van der Waals surface area contributed by atoms with Crippen LogP contribution in [0.25, 0.3) is 0 Å². The van der Waals surface area contributed by atoms with Gasteiger partial charge in [-0.15, -0.1) is 12.8 Å². The second-order valence-electron chi connectivity index (χ2n) is 0.115. The zero-order chi connectivity index (χ0) is 6.71. The summed E-state index contributed by atoms with van der Waals surface area (Å²) in [6, 6.07) is 0. The Morgan fingerprint density at radius 2 is 1.14 bits per heavy atom. The van der Waals surface area contributed by atoms with Crippen molar-refractivity contribution in [2.45, 2.75) is 13.8 Å². The van der Waals surface area contributed by atoms with E-state index in [0.717, 1.165) is 0 Å². The zero-order valence-corrected chi connectivity index (χ0v) is 4.63. The molecule has 7 heavy (non-hydrogen) atoms. The Hall–Kier alpha value is -0.455. The van der Waals surface area contributed by atoms with Gasteiger partial charge in [0.15, 0.2) is 0 Å². The lowest BCUT2D eigenvalue weighted by Gasteiger charge is -1.46. The van der Waals surface area contributed by atoms with Crippen molar-refractivity contribution in [1.82, 2.24) is 0 Å². The van der Waals surface area contributed by atoms with E-state index in [1.165, 1.54) is 0 Å². The van der Waals surface area contributed by atoms with Crippen molar-refractivity contribution in [1.29, 1.82) is 0 Å². The number of hydrogen-bond donors (Lipinski definition) is 2. The van der Waals surface area contributed by atoms with Gasteiger partial charge in [0.2, 0.25) is 0 Å². The van der Waals surface area contributed by atoms with Crippen molar-refractivity contribution in [2.75, 3.05) is 0 Å². The van der Waals surface area contributed by atoms with Crippen molar-refractivity contribution >= 4 is 7.69 Å². The summed E-state index contributed by atoms with van der Waals surface area (Å²) in [6.45, 7) is 4.00. The van der Waals surface area contributed by atoms with Gasteiger partial charge in [0, 0.05) is 0 Å². The Labute approximate surface area is 45.5 Å². The molecule has 0 rings (SSSR count). The molecule has 0 spiro atoms. The summed E-state index contributed by atoms with van der Waals surface area (Å²) < 4.78 is 0. The third-order valence-electron chi connectivity index (χ3n) is 0. The minimum Gasteiger partial charge on any atom is -0.429 e. The quantitative estimate of drug-likeness (QED) is 0.327. The van der Waals surface area contributed by atoms with Crippen LogP contribution in [0.5, 0.6) is 0 Å². The zero-order valence-electron chi connectivity index (χ0n) is 4.63. The van der Waals surface area contributed by atoms with E-state index < -0.39 is 0 Å². The van der Waals surface area contributed by atoms with Crippen LogP contribution in [-0.4, -0.2) is 17.7 Å². The summed E-state index contributed by atoms with van der Waals surface area (Å²) in [4.78, 5) is 0. The van der Waals surface area contributed by atoms with Gasteiger partial charge >= 0.3 is 7.69 Å². The van der Waals surface area contributed by atoms with Crippen LogP contribution >= 0.6 is 0 Å². The maximum atomic E-state index is 7.00. The van der Waals surface area contributed by atoms with Crippen molar-refractivity contribution in [2.24, 2.45) is 0 Å². The van der Waals surface area contributed by atoms with Gasteiger partial charge in [-0.1, -0.05) is 13.8 Å². The van der Waals surface area contributed by atoms with Gasteiger partial charge in [-0.3, -0.25) is 0 Å². The van der Waals surface area contributed by atoms with Crippen LogP contribution in [-0.2, 0) is 0 Å². The Morgan fingerprint density at radius 1 is 1.14 bits per heavy atom. The Morgan fingerprint density at radius 3 is 1.14 bits per heavy atom. The molecule has 2 N–H and O–H groups in total. The molecule has 3 heteroatoms. The molecule has 0 aliphatic carbocycles. The minimum atomic E-state index is 0. The second kappa shape index (κ2) is 386. The molecule has 0 aromatic rings. The normalized spacial score (nSPS) is 3.14. The van der Waals surface area contributed by atoms with E-state index in [4.69, 9.17) is 10.0 Å². The molecule has 0 unspecified atom stereocenters. The first-order chi connectivity index (χ1) is 3.41. The Bertz CT molecular complexity index is 20.9. The minimum absolute atomic E-state index is 0. The lowest BCUT2D eigenvalue weighted by atomic mass is 10.5. The molecular weight excluding hydrogens is 90.9 g/mol. The molecule has 0 aromatic heterocycles. The Kier molecular flexibility index (Phi) is 882. The van der Waals surface area contributed by atoms with Gasteiger partial charge in [-0.25, -0.2) is 0 Å². The first-order valence-electron chi connectivity index (χ1n) is 1.85. The first kappa shape index (κ1) is 16.0. The highest BCUT2D eigenvalue weighted by Gasteiger charge is 1.51. The van der Waals surface area contributed by atoms with Gasteiger partial charge in [0.25, 0.3) is 0 Å². The highest BCUT2D eigenvalue weighted by atomic mass is 16.4. The van der Waals surface area contributed by atoms with Crippen LogP contribution in [0.1, 0.15) is 13.8 Å². The maximum absolute atomic E-state index is 7.00. The molecule has 0 fully saturated rings. The summed E-state index contributed by atoms with van der Waals surface area (Å²) in [7, 11) is 0. The molecule has 0 saturated heterocycles. The largest absolute Gasteiger partial charge is 0.482 e. The highest BCUT2D eigenvalue weighted by molar-refractivity contribution is 6.13. The number of terminal acetylenes is 1. The lowest BCUT2D eigenvalue weighted by molar-refractivity contribution is 0.448. The van der Waals surface area contributed by atoms with E-state index in [2.05, 4.69) is 12.8 Å². The second-order valence-corrected chi connectivity index (χ2v) is 0.115. The van der Waals surface area contributed by atoms with Gasteiger partial charge in [-0.05, 0) is 0 Å². The molecule has 0 amide bonds. The molecule has 2 nitrogen and oxygen atoms in total. The third kappa shape index (κ3) is 336. The van der Waals surface area contributed by atoms with Crippen molar-refractivity contribution < 1.29 is 10.0 Å². The molecule has 0 atom stereocenters. The smallest absolute Gasteiger partial charge is 0.429 e. The van der Waals surface area contributed by atoms with Crippen molar-refractivity contribution in [3.63, 3.8) is 0 Å². The average molecular weight is 101 g/mol. The van der Waals surface area contributed by atoms with Crippen molar-refractivity contribution in [3.05, 3.63) is 0 Å². The predicted octanol–water partition coefficient (Wildman–Crippen LogP) is -0.219. The molecule has 0 aromatic carbocycles.